The molecule has 2 unspecified atom stereocenters. The van der Waals surface area contributed by atoms with Crippen LogP contribution in [0, 0.1) is 12.8 Å². The zero-order valence-electron chi connectivity index (χ0n) is 12.4. The highest BCUT2D eigenvalue weighted by Crippen LogP contribution is 2.24. The van der Waals surface area contributed by atoms with E-state index in [1.807, 2.05) is 39.8 Å². The van der Waals surface area contributed by atoms with Gasteiger partial charge in [0.2, 0.25) is 5.91 Å². The molecular formula is C15H21N3O2. The van der Waals surface area contributed by atoms with Crippen LogP contribution in [0.1, 0.15) is 32.9 Å². The quantitative estimate of drug-likeness (QED) is 0.912. The Morgan fingerprint density at radius 3 is 2.55 bits per heavy atom. The maximum Gasteiger partial charge on any atom is 0.250 e. The average Bonchev–Trinajstić information content (AvgIpc) is 2.41. The smallest absolute Gasteiger partial charge is 0.250 e. The standard InChI is InChI=1S/C15H21N3O2/c1-5-12-14(19)17-13(9(2)3)15(20)18(12)11-7-6-10(4)16-8-11/h6-9,12-13H,5H2,1-4H3,(H,17,19). The molecule has 108 valence electrons. The van der Waals surface area contributed by atoms with Crippen molar-refractivity contribution in [2.24, 2.45) is 5.92 Å². The van der Waals surface area contributed by atoms with Crippen molar-refractivity contribution in [1.29, 1.82) is 0 Å². The van der Waals surface area contributed by atoms with Crippen LogP contribution < -0.4 is 10.2 Å². The zero-order valence-corrected chi connectivity index (χ0v) is 12.4. The Bertz CT molecular complexity index is 510. The average molecular weight is 275 g/mol. The van der Waals surface area contributed by atoms with Crippen LogP contribution in [0.15, 0.2) is 18.3 Å². The molecule has 2 atom stereocenters. The van der Waals surface area contributed by atoms with Gasteiger partial charge in [0.05, 0.1) is 11.9 Å². The monoisotopic (exact) mass is 275 g/mol. The molecule has 2 heterocycles. The predicted octanol–water partition coefficient (Wildman–Crippen LogP) is 1.66. The second-order valence-electron chi connectivity index (χ2n) is 5.52. The summed E-state index contributed by atoms with van der Waals surface area (Å²) in [5.74, 6) is -0.0892. The minimum absolute atomic E-state index is 0.0582. The Hall–Kier alpha value is -1.91. The van der Waals surface area contributed by atoms with Gasteiger partial charge in [0, 0.05) is 5.69 Å². The first-order chi connectivity index (χ1) is 9.45. The number of carbonyl (C=O) groups excluding carboxylic acids is 2. The van der Waals surface area contributed by atoms with E-state index in [0.717, 1.165) is 5.69 Å². The number of pyridine rings is 1. The molecule has 0 aliphatic carbocycles. The number of nitrogens with zero attached hydrogens (tertiary/aromatic N) is 2. The summed E-state index contributed by atoms with van der Waals surface area (Å²) < 4.78 is 0. The normalized spacial score (nSPS) is 23.1. The Morgan fingerprint density at radius 2 is 2.05 bits per heavy atom. The van der Waals surface area contributed by atoms with E-state index in [1.54, 1.807) is 11.1 Å². The van der Waals surface area contributed by atoms with Gasteiger partial charge in [-0.25, -0.2) is 0 Å². The molecule has 1 fully saturated rings. The summed E-state index contributed by atoms with van der Waals surface area (Å²) >= 11 is 0. The Morgan fingerprint density at radius 1 is 1.35 bits per heavy atom. The van der Waals surface area contributed by atoms with Crippen molar-refractivity contribution in [3.63, 3.8) is 0 Å². The molecule has 0 aromatic carbocycles. The number of anilines is 1. The minimum atomic E-state index is -0.466. The number of aromatic nitrogens is 1. The molecule has 1 aliphatic heterocycles. The van der Waals surface area contributed by atoms with Gasteiger partial charge in [-0.1, -0.05) is 20.8 Å². The first-order valence-corrected chi connectivity index (χ1v) is 7.01. The van der Waals surface area contributed by atoms with Crippen LogP contribution in [0.4, 0.5) is 5.69 Å². The summed E-state index contributed by atoms with van der Waals surface area (Å²) in [7, 11) is 0. The molecule has 1 aromatic rings. The highest BCUT2D eigenvalue weighted by Gasteiger charge is 2.41. The minimum Gasteiger partial charge on any atom is -0.342 e. The van der Waals surface area contributed by atoms with Crippen LogP contribution in [-0.2, 0) is 9.59 Å². The molecule has 1 aliphatic rings. The van der Waals surface area contributed by atoms with Crippen molar-refractivity contribution in [3.05, 3.63) is 24.0 Å². The number of amides is 2. The van der Waals surface area contributed by atoms with E-state index in [9.17, 15) is 9.59 Å². The fourth-order valence-corrected chi connectivity index (χ4v) is 2.46. The second kappa shape index (κ2) is 5.61. The Labute approximate surface area is 119 Å². The molecule has 5 nitrogen and oxygen atoms in total. The number of rotatable bonds is 3. The third-order valence-electron chi connectivity index (χ3n) is 3.64. The van der Waals surface area contributed by atoms with Gasteiger partial charge in [-0.2, -0.15) is 0 Å². The highest BCUT2D eigenvalue weighted by atomic mass is 16.2. The van der Waals surface area contributed by atoms with Crippen molar-refractivity contribution in [3.8, 4) is 0 Å². The number of hydrogen-bond acceptors (Lipinski definition) is 3. The van der Waals surface area contributed by atoms with Crippen LogP contribution in [0.25, 0.3) is 0 Å². The number of nitrogens with one attached hydrogen (secondary N) is 1. The molecule has 2 amide bonds. The van der Waals surface area contributed by atoms with E-state index < -0.39 is 12.1 Å². The van der Waals surface area contributed by atoms with Gasteiger partial charge in [-0.15, -0.1) is 0 Å². The van der Waals surface area contributed by atoms with E-state index in [0.29, 0.717) is 12.1 Å². The maximum atomic E-state index is 12.7. The van der Waals surface area contributed by atoms with Crippen molar-refractivity contribution in [1.82, 2.24) is 10.3 Å². The zero-order chi connectivity index (χ0) is 14.9. The van der Waals surface area contributed by atoms with Crippen LogP contribution >= 0.6 is 0 Å². The van der Waals surface area contributed by atoms with Crippen LogP contribution in [-0.4, -0.2) is 28.9 Å². The Balaban J connectivity index is 2.41. The van der Waals surface area contributed by atoms with Gasteiger partial charge in [0.1, 0.15) is 12.1 Å². The third kappa shape index (κ3) is 2.53. The largest absolute Gasteiger partial charge is 0.342 e. The highest BCUT2D eigenvalue weighted by molar-refractivity contribution is 6.08. The van der Waals surface area contributed by atoms with Crippen LogP contribution in [0.3, 0.4) is 0 Å². The molecule has 1 N–H and O–H groups in total. The molecule has 1 aromatic heterocycles. The summed E-state index contributed by atoms with van der Waals surface area (Å²) in [5, 5.41) is 2.83. The number of hydrogen-bond donors (Lipinski definition) is 1. The van der Waals surface area contributed by atoms with Gasteiger partial charge in [0.15, 0.2) is 0 Å². The first kappa shape index (κ1) is 14.5. The van der Waals surface area contributed by atoms with Crippen molar-refractivity contribution in [2.75, 3.05) is 4.90 Å². The van der Waals surface area contributed by atoms with Gasteiger partial charge in [0.25, 0.3) is 5.91 Å². The predicted molar refractivity (Wildman–Crippen MR) is 77.3 cm³/mol. The van der Waals surface area contributed by atoms with E-state index in [4.69, 9.17) is 0 Å². The maximum absolute atomic E-state index is 12.7. The van der Waals surface area contributed by atoms with E-state index in [-0.39, 0.29) is 17.7 Å². The van der Waals surface area contributed by atoms with E-state index in [2.05, 4.69) is 10.3 Å². The molecule has 0 saturated carbocycles. The van der Waals surface area contributed by atoms with Gasteiger partial charge < -0.3 is 5.32 Å². The number of aryl methyl sites for hydroxylation is 1. The second-order valence-corrected chi connectivity index (χ2v) is 5.52. The molecule has 0 bridgehead atoms. The molecule has 20 heavy (non-hydrogen) atoms. The lowest BCUT2D eigenvalue weighted by atomic mass is 9.96. The molecule has 0 spiro atoms. The van der Waals surface area contributed by atoms with E-state index >= 15 is 0 Å². The van der Waals surface area contributed by atoms with Gasteiger partial charge >= 0.3 is 0 Å². The molecule has 5 heteroatoms. The van der Waals surface area contributed by atoms with Crippen LogP contribution in [0.5, 0.6) is 0 Å². The lowest BCUT2D eigenvalue weighted by Crippen LogP contribution is -2.65. The molecule has 0 radical (unpaired) electrons. The summed E-state index contributed by atoms with van der Waals surface area (Å²) in [6.07, 6.45) is 2.24. The van der Waals surface area contributed by atoms with E-state index in [1.165, 1.54) is 0 Å². The van der Waals surface area contributed by atoms with Crippen molar-refractivity contribution in [2.45, 2.75) is 46.2 Å². The SMILES string of the molecule is CCC1C(=O)NC(C(C)C)C(=O)N1c1ccc(C)nc1. The third-order valence-corrected chi connectivity index (χ3v) is 3.64. The van der Waals surface area contributed by atoms with Crippen molar-refractivity contribution < 1.29 is 9.59 Å². The summed E-state index contributed by atoms with van der Waals surface area (Å²) in [6, 6.07) is 2.78. The lowest BCUT2D eigenvalue weighted by Gasteiger charge is -2.39. The number of carbonyl (C=O) groups is 2. The molecular weight excluding hydrogens is 254 g/mol. The first-order valence-electron chi connectivity index (χ1n) is 7.01. The van der Waals surface area contributed by atoms with Crippen LogP contribution in [0.2, 0.25) is 0 Å². The van der Waals surface area contributed by atoms with Gasteiger partial charge in [-0.05, 0) is 31.4 Å². The summed E-state index contributed by atoms with van der Waals surface area (Å²) in [4.78, 5) is 30.7. The molecule has 2 rings (SSSR count). The summed E-state index contributed by atoms with van der Waals surface area (Å²) in [5.41, 5.74) is 1.57. The topological polar surface area (TPSA) is 62.3 Å². The van der Waals surface area contributed by atoms with Crippen molar-refractivity contribution >= 4 is 17.5 Å². The molecule has 1 saturated heterocycles. The fraction of sp³-hybridized carbons (Fsp3) is 0.533. The summed E-state index contributed by atoms with van der Waals surface area (Å²) in [6.45, 7) is 7.66. The lowest BCUT2D eigenvalue weighted by molar-refractivity contribution is -0.134. The van der Waals surface area contributed by atoms with Gasteiger partial charge in [-0.3, -0.25) is 19.5 Å². The fourth-order valence-electron chi connectivity index (χ4n) is 2.46. The number of piperazine rings is 1. The Kier molecular flexibility index (Phi) is 4.06.